The summed E-state index contributed by atoms with van der Waals surface area (Å²) >= 11 is 6.25. The molecule has 1 spiro atoms. The standard InChI is InChI=1S/C31H32ClFN4O5/c1-30(2,3)15-22-31(19-9-7-13-34-26(19)37-29(31)40)23(18-8-6-10-20(32)24(18)33)25(36-22)27(38)35-16-11-12-17(28(39)42-5)21(14-16)41-4/h6-14,22-23,25,36H,15H2,1-5H3,(H,35,38)(H,34,37,40)/t22-,23-,25+,31+/m0/s1. The maximum absolute atomic E-state index is 15.9. The monoisotopic (exact) mass is 594 g/mol. The van der Waals surface area contributed by atoms with Gasteiger partial charge in [0.2, 0.25) is 11.8 Å². The molecule has 1 fully saturated rings. The normalized spacial score (nSPS) is 22.9. The highest BCUT2D eigenvalue weighted by Crippen LogP contribution is 2.56. The highest BCUT2D eigenvalue weighted by Gasteiger charge is 2.66. The Kier molecular flexibility index (Phi) is 7.72. The maximum atomic E-state index is 15.9. The number of methoxy groups -OCH3 is 2. The van der Waals surface area contributed by atoms with Gasteiger partial charge in [-0.25, -0.2) is 14.2 Å². The van der Waals surface area contributed by atoms with Gasteiger partial charge in [-0.1, -0.05) is 50.6 Å². The fraction of sp³-hybridized carbons (Fsp3) is 0.355. The number of hydrogen-bond donors (Lipinski definition) is 3. The van der Waals surface area contributed by atoms with Crippen LogP contribution in [-0.2, 0) is 19.7 Å². The van der Waals surface area contributed by atoms with Gasteiger partial charge in [0, 0.05) is 35.5 Å². The fourth-order valence-electron chi connectivity index (χ4n) is 6.26. The van der Waals surface area contributed by atoms with E-state index in [0.717, 1.165) is 0 Å². The number of hydrogen-bond acceptors (Lipinski definition) is 7. The number of halogens is 2. The Morgan fingerprint density at radius 3 is 2.60 bits per heavy atom. The van der Waals surface area contributed by atoms with E-state index in [-0.39, 0.29) is 33.2 Å². The molecule has 0 unspecified atom stereocenters. The van der Waals surface area contributed by atoms with E-state index in [1.54, 1.807) is 36.5 Å². The minimum Gasteiger partial charge on any atom is -0.496 e. The molecule has 3 N–H and O–H groups in total. The SMILES string of the molecule is COC(=O)c1ccc(NC(=O)[C@@H]2N[C@@H](CC(C)(C)C)[C@@]3(C(=O)Nc4ncccc43)[C@H]2c2cccc(Cl)c2F)cc1OC. The number of nitrogens with zero attached hydrogens (tertiary/aromatic N) is 1. The van der Waals surface area contributed by atoms with E-state index in [0.29, 0.717) is 23.5 Å². The summed E-state index contributed by atoms with van der Waals surface area (Å²) in [6, 6.07) is 11.0. The molecule has 0 aliphatic carbocycles. The maximum Gasteiger partial charge on any atom is 0.341 e. The van der Waals surface area contributed by atoms with E-state index in [9.17, 15) is 14.4 Å². The van der Waals surface area contributed by atoms with E-state index >= 15 is 4.39 Å². The second-order valence-electron chi connectivity index (χ2n) is 11.7. The quantitative estimate of drug-likeness (QED) is 0.341. The summed E-state index contributed by atoms with van der Waals surface area (Å²) in [5.74, 6) is -2.59. The largest absolute Gasteiger partial charge is 0.496 e. The molecule has 0 saturated carbocycles. The number of fused-ring (bicyclic) bond motifs is 2. The van der Waals surface area contributed by atoms with Gasteiger partial charge in [0.15, 0.2) is 0 Å². The molecule has 2 aliphatic heterocycles. The number of amides is 2. The summed E-state index contributed by atoms with van der Waals surface area (Å²) in [5, 5.41) is 9.06. The van der Waals surface area contributed by atoms with Crippen LogP contribution in [0, 0.1) is 11.2 Å². The highest BCUT2D eigenvalue weighted by atomic mass is 35.5. The Balaban J connectivity index is 1.66. The zero-order valence-corrected chi connectivity index (χ0v) is 24.6. The Bertz CT molecular complexity index is 1580. The minimum atomic E-state index is -1.38. The van der Waals surface area contributed by atoms with E-state index in [2.05, 4.69) is 20.9 Å². The third-order valence-electron chi connectivity index (χ3n) is 7.91. The summed E-state index contributed by atoms with van der Waals surface area (Å²) in [6.07, 6.45) is 2.06. The number of aromatic nitrogens is 1. The first-order chi connectivity index (χ1) is 19.9. The van der Waals surface area contributed by atoms with Gasteiger partial charge < -0.3 is 25.4 Å². The summed E-state index contributed by atoms with van der Waals surface area (Å²) in [5.41, 5.74) is -0.403. The summed E-state index contributed by atoms with van der Waals surface area (Å²) < 4.78 is 26.0. The van der Waals surface area contributed by atoms with Crippen LogP contribution in [0.5, 0.6) is 5.75 Å². The third kappa shape index (κ3) is 4.88. The fourth-order valence-corrected chi connectivity index (χ4v) is 6.45. The average molecular weight is 595 g/mol. The van der Waals surface area contributed by atoms with Gasteiger partial charge in [0.25, 0.3) is 0 Å². The van der Waals surface area contributed by atoms with Crippen molar-refractivity contribution in [1.29, 1.82) is 0 Å². The van der Waals surface area contributed by atoms with Gasteiger partial charge in [-0.15, -0.1) is 0 Å². The highest BCUT2D eigenvalue weighted by molar-refractivity contribution is 6.30. The lowest BCUT2D eigenvalue weighted by Gasteiger charge is -2.37. The van der Waals surface area contributed by atoms with Crippen molar-refractivity contribution in [2.75, 3.05) is 24.9 Å². The Morgan fingerprint density at radius 2 is 1.90 bits per heavy atom. The van der Waals surface area contributed by atoms with Gasteiger partial charge in [-0.3, -0.25) is 9.59 Å². The Morgan fingerprint density at radius 1 is 1.14 bits per heavy atom. The molecule has 0 radical (unpaired) electrons. The molecule has 3 heterocycles. The van der Waals surface area contributed by atoms with Crippen molar-refractivity contribution >= 4 is 40.9 Å². The first-order valence-electron chi connectivity index (χ1n) is 13.5. The van der Waals surface area contributed by atoms with Gasteiger partial charge in [-0.05, 0) is 41.7 Å². The van der Waals surface area contributed by atoms with Crippen molar-refractivity contribution in [3.63, 3.8) is 0 Å². The van der Waals surface area contributed by atoms with Crippen LogP contribution in [0.3, 0.4) is 0 Å². The van der Waals surface area contributed by atoms with E-state index in [1.807, 2.05) is 20.8 Å². The minimum absolute atomic E-state index is 0.117. The second-order valence-corrected chi connectivity index (χ2v) is 12.1. The van der Waals surface area contributed by atoms with E-state index < -0.39 is 41.1 Å². The second kappa shape index (κ2) is 11.0. The van der Waals surface area contributed by atoms with Gasteiger partial charge in [0.1, 0.15) is 28.4 Å². The van der Waals surface area contributed by atoms with Crippen LogP contribution in [0.4, 0.5) is 15.9 Å². The molecule has 9 nitrogen and oxygen atoms in total. The molecular weight excluding hydrogens is 563 g/mol. The molecule has 2 amide bonds. The first kappa shape index (κ1) is 29.5. The van der Waals surface area contributed by atoms with Gasteiger partial charge in [0.05, 0.1) is 25.3 Å². The zero-order valence-electron chi connectivity index (χ0n) is 23.9. The van der Waals surface area contributed by atoms with Crippen LogP contribution in [-0.4, -0.2) is 49.1 Å². The lowest BCUT2D eigenvalue weighted by Crippen LogP contribution is -2.49. The predicted octanol–water partition coefficient (Wildman–Crippen LogP) is 5.06. The topological polar surface area (TPSA) is 119 Å². The van der Waals surface area contributed by atoms with Crippen LogP contribution < -0.4 is 20.7 Å². The third-order valence-corrected chi connectivity index (χ3v) is 8.20. The summed E-state index contributed by atoms with van der Waals surface area (Å²) in [4.78, 5) is 44.8. The van der Waals surface area contributed by atoms with E-state index in [4.69, 9.17) is 21.1 Å². The number of anilines is 2. The number of nitrogens with one attached hydrogen (secondary N) is 3. The Hall–Kier alpha value is -4.02. The number of carbonyl (C=O) groups excluding carboxylic acids is 3. The number of benzene rings is 2. The number of carbonyl (C=O) groups is 3. The first-order valence-corrected chi connectivity index (χ1v) is 13.8. The molecule has 220 valence electrons. The smallest absolute Gasteiger partial charge is 0.341 e. The molecule has 1 saturated heterocycles. The summed E-state index contributed by atoms with van der Waals surface area (Å²) in [7, 11) is 2.66. The van der Waals surface area contributed by atoms with Crippen LogP contribution in [0.2, 0.25) is 5.02 Å². The average Bonchev–Trinajstić information content (AvgIpc) is 3.43. The van der Waals surface area contributed by atoms with Crippen molar-refractivity contribution in [1.82, 2.24) is 10.3 Å². The lowest BCUT2D eigenvalue weighted by atomic mass is 9.62. The molecule has 2 aromatic carbocycles. The van der Waals surface area contributed by atoms with Crippen molar-refractivity contribution in [3.8, 4) is 5.75 Å². The molecule has 42 heavy (non-hydrogen) atoms. The predicted molar refractivity (Wildman–Crippen MR) is 156 cm³/mol. The number of pyridine rings is 1. The molecule has 0 bridgehead atoms. The zero-order chi connectivity index (χ0) is 30.4. The molecule has 5 rings (SSSR count). The van der Waals surface area contributed by atoms with Crippen LogP contribution >= 0.6 is 11.6 Å². The van der Waals surface area contributed by atoms with E-state index in [1.165, 1.54) is 32.4 Å². The molecule has 3 aromatic rings. The van der Waals surface area contributed by atoms with Crippen molar-refractivity contribution in [3.05, 3.63) is 82.3 Å². The molecule has 11 heteroatoms. The molecular formula is C31H32ClFN4O5. The van der Waals surface area contributed by atoms with Gasteiger partial charge in [-0.2, -0.15) is 0 Å². The molecule has 4 atom stereocenters. The van der Waals surface area contributed by atoms with Crippen molar-refractivity contribution < 1.29 is 28.2 Å². The number of ether oxygens (including phenoxy) is 2. The Labute approximate surface area is 248 Å². The number of esters is 1. The number of rotatable bonds is 6. The van der Waals surface area contributed by atoms with Crippen LogP contribution in [0.25, 0.3) is 0 Å². The van der Waals surface area contributed by atoms with Gasteiger partial charge >= 0.3 is 5.97 Å². The lowest BCUT2D eigenvalue weighted by molar-refractivity contribution is -0.122. The van der Waals surface area contributed by atoms with Crippen molar-refractivity contribution in [2.45, 2.75) is 50.6 Å². The van der Waals surface area contributed by atoms with Crippen LogP contribution in [0.15, 0.2) is 54.7 Å². The van der Waals surface area contributed by atoms with Crippen molar-refractivity contribution in [2.24, 2.45) is 5.41 Å². The summed E-state index contributed by atoms with van der Waals surface area (Å²) in [6.45, 7) is 6.12. The van der Waals surface area contributed by atoms with Crippen LogP contribution in [0.1, 0.15) is 54.6 Å². The molecule has 1 aromatic heterocycles. The molecule has 2 aliphatic rings.